The molecule has 2 nitrogen and oxygen atoms in total. The Balaban J connectivity index is 2.44. The van der Waals surface area contributed by atoms with Crippen LogP contribution in [0.5, 0.6) is 0 Å². The van der Waals surface area contributed by atoms with Crippen LogP contribution in [-0.4, -0.2) is 18.1 Å². The van der Waals surface area contributed by atoms with Gasteiger partial charge in [0, 0.05) is 18.1 Å². The molecule has 0 aliphatic heterocycles. The Labute approximate surface area is 95.0 Å². The topological polar surface area (TPSA) is 38.0 Å². The average molecular weight is 212 g/mol. The Morgan fingerprint density at radius 1 is 1.40 bits per heavy atom. The van der Waals surface area contributed by atoms with E-state index in [0.29, 0.717) is 12.0 Å². The lowest BCUT2D eigenvalue weighted by molar-refractivity contribution is 0.265. The van der Waals surface area contributed by atoms with Crippen molar-refractivity contribution in [1.82, 2.24) is 5.32 Å². The lowest BCUT2D eigenvalue weighted by atomic mass is 9.89. The molecule has 3 atom stereocenters. The predicted molar refractivity (Wildman–Crippen MR) is 66.9 cm³/mol. The maximum absolute atomic E-state index is 5.91. The van der Waals surface area contributed by atoms with Gasteiger partial charge in [-0.3, -0.25) is 0 Å². The van der Waals surface area contributed by atoms with E-state index in [0.717, 1.165) is 12.5 Å². The van der Waals surface area contributed by atoms with Crippen LogP contribution in [0.1, 0.15) is 53.4 Å². The van der Waals surface area contributed by atoms with E-state index in [2.05, 4.69) is 33.0 Å². The van der Waals surface area contributed by atoms with Crippen LogP contribution in [-0.2, 0) is 0 Å². The van der Waals surface area contributed by atoms with Crippen molar-refractivity contribution in [2.75, 3.05) is 6.54 Å². The van der Waals surface area contributed by atoms with E-state index in [1.165, 1.54) is 25.7 Å². The maximum atomic E-state index is 5.91. The van der Waals surface area contributed by atoms with Crippen LogP contribution in [0.25, 0.3) is 0 Å². The summed E-state index contributed by atoms with van der Waals surface area (Å²) >= 11 is 0. The van der Waals surface area contributed by atoms with Crippen molar-refractivity contribution in [2.45, 2.75) is 65.0 Å². The van der Waals surface area contributed by atoms with Gasteiger partial charge < -0.3 is 11.1 Å². The van der Waals surface area contributed by atoms with Crippen LogP contribution in [0.4, 0.5) is 0 Å². The molecule has 1 rings (SSSR count). The monoisotopic (exact) mass is 212 g/mol. The second-order valence-electron chi connectivity index (χ2n) is 6.12. The van der Waals surface area contributed by atoms with Crippen LogP contribution in [0, 0.1) is 11.8 Å². The molecule has 90 valence electrons. The minimum absolute atomic E-state index is 0.142. The lowest BCUT2D eigenvalue weighted by Crippen LogP contribution is -2.53. The fraction of sp³-hybridized carbons (Fsp3) is 1.00. The number of nitrogens with two attached hydrogens (primary N) is 1. The molecule has 15 heavy (non-hydrogen) atoms. The molecule has 3 unspecified atom stereocenters. The summed E-state index contributed by atoms with van der Waals surface area (Å²) in [6.45, 7) is 9.91. The van der Waals surface area contributed by atoms with Gasteiger partial charge in [0.2, 0.25) is 0 Å². The van der Waals surface area contributed by atoms with Crippen molar-refractivity contribution in [3.05, 3.63) is 0 Å². The first-order chi connectivity index (χ1) is 6.95. The molecule has 0 heterocycles. The Bertz CT molecular complexity index is 191. The summed E-state index contributed by atoms with van der Waals surface area (Å²) in [5.74, 6) is 1.61. The van der Waals surface area contributed by atoms with Gasteiger partial charge in [-0.15, -0.1) is 0 Å². The Kier molecular flexibility index (Phi) is 4.60. The predicted octanol–water partition coefficient (Wildman–Crippen LogP) is 2.53. The molecule has 0 aromatic heterocycles. The van der Waals surface area contributed by atoms with Gasteiger partial charge in [-0.25, -0.2) is 0 Å². The molecular weight excluding hydrogens is 184 g/mol. The van der Waals surface area contributed by atoms with E-state index in [-0.39, 0.29) is 5.54 Å². The third-order valence-electron chi connectivity index (χ3n) is 3.56. The second-order valence-corrected chi connectivity index (χ2v) is 6.12. The maximum Gasteiger partial charge on any atom is 0.0280 e. The van der Waals surface area contributed by atoms with Crippen molar-refractivity contribution < 1.29 is 0 Å². The molecule has 0 bridgehead atoms. The first-order valence-electron chi connectivity index (χ1n) is 6.43. The average Bonchev–Trinajstić information content (AvgIpc) is 2.49. The summed E-state index contributed by atoms with van der Waals surface area (Å²) in [6.07, 6.45) is 5.21. The van der Waals surface area contributed by atoms with Crippen LogP contribution in [0.15, 0.2) is 0 Å². The van der Waals surface area contributed by atoms with E-state index in [4.69, 9.17) is 5.73 Å². The minimum atomic E-state index is 0.142. The van der Waals surface area contributed by atoms with E-state index >= 15 is 0 Å². The summed E-state index contributed by atoms with van der Waals surface area (Å²) in [5.41, 5.74) is 6.05. The van der Waals surface area contributed by atoms with E-state index < -0.39 is 0 Å². The van der Waals surface area contributed by atoms with Crippen molar-refractivity contribution in [1.29, 1.82) is 0 Å². The molecule has 0 aromatic rings. The molecule has 1 aliphatic rings. The third kappa shape index (κ3) is 4.12. The van der Waals surface area contributed by atoms with Gasteiger partial charge in [0.1, 0.15) is 0 Å². The largest absolute Gasteiger partial charge is 0.329 e. The zero-order chi connectivity index (χ0) is 11.5. The van der Waals surface area contributed by atoms with Crippen molar-refractivity contribution in [3.8, 4) is 0 Å². The van der Waals surface area contributed by atoms with Gasteiger partial charge in [-0.2, -0.15) is 0 Å². The smallest absolute Gasteiger partial charge is 0.0280 e. The summed E-state index contributed by atoms with van der Waals surface area (Å²) in [7, 11) is 0. The minimum Gasteiger partial charge on any atom is -0.329 e. The zero-order valence-electron chi connectivity index (χ0n) is 10.8. The molecule has 0 saturated heterocycles. The highest BCUT2D eigenvalue weighted by Gasteiger charge is 2.30. The van der Waals surface area contributed by atoms with Crippen LogP contribution < -0.4 is 11.1 Å². The molecule has 2 heteroatoms. The molecular formula is C13H28N2. The fourth-order valence-corrected chi connectivity index (χ4v) is 2.93. The van der Waals surface area contributed by atoms with Gasteiger partial charge in [0.15, 0.2) is 0 Å². The molecule has 0 aromatic carbocycles. The van der Waals surface area contributed by atoms with E-state index in [1.807, 2.05) is 0 Å². The van der Waals surface area contributed by atoms with E-state index in [9.17, 15) is 0 Å². The Hall–Kier alpha value is -0.0800. The van der Waals surface area contributed by atoms with Crippen molar-refractivity contribution >= 4 is 0 Å². The summed E-state index contributed by atoms with van der Waals surface area (Å²) < 4.78 is 0. The summed E-state index contributed by atoms with van der Waals surface area (Å²) in [4.78, 5) is 0. The molecule has 1 aliphatic carbocycles. The SMILES string of the molecule is CC(C)CC(C)(CN)NC1CCC(C)C1. The molecule has 3 N–H and O–H groups in total. The van der Waals surface area contributed by atoms with Gasteiger partial charge in [0.25, 0.3) is 0 Å². The molecule has 1 fully saturated rings. The number of rotatable bonds is 5. The van der Waals surface area contributed by atoms with Crippen molar-refractivity contribution in [3.63, 3.8) is 0 Å². The molecule has 0 spiro atoms. The van der Waals surface area contributed by atoms with Gasteiger partial charge in [-0.05, 0) is 44.4 Å². The third-order valence-corrected chi connectivity index (χ3v) is 3.56. The summed E-state index contributed by atoms with van der Waals surface area (Å²) in [6, 6.07) is 0.701. The molecule has 1 saturated carbocycles. The van der Waals surface area contributed by atoms with Crippen LogP contribution >= 0.6 is 0 Å². The first-order valence-corrected chi connectivity index (χ1v) is 6.43. The van der Waals surface area contributed by atoms with Gasteiger partial charge in [-0.1, -0.05) is 20.8 Å². The van der Waals surface area contributed by atoms with E-state index in [1.54, 1.807) is 0 Å². The highest BCUT2D eigenvalue weighted by Crippen LogP contribution is 2.27. The van der Waals surface area contributed by atoms with Gasteiger partial charge >= 0.3 is 0 Å². The highest BCUT2D eigenvalue weighted by atomic mass is 15.0. The quantitative estimate of drug-likeness (QED) is 0.735. The highest BCUT2D eigenvalue weighted by molar-refractivity contribution is 4.91. The summed E-state index contributed by atoms with van der Waals surface area (Å²) in [5, 5.41) is 3.78. The first kappa shape index (κ1) is 13.0. The number of nitrogens with one attached hydrogen (secondary N) is 1. The Morgan fingerprint density at radius 2 is 2.07 bits per heavy atom. The van der Waals surface area contributed by atoms with Gasteiger partial charge in [0.05, 0.1) is 0 Å². The second kappa shape index (κ2) is 5.31. The fourth-order valence-electron chi connectivity index (χ4n) is 2.93. The van der Waals surface area contributed by atoms with Crippen LogP contribution in [0.3, 0.4) is 0 Å². The molecule has 0 radical (unpaired) electrons. The molecule has 0 amide bonds. The van der Waals surface area contributed by atoms with Crippen LogP contribution in [0.2, 0.25) is 0 Å². The number of hydrogen-bond donors (Lipinski definition) is 2. The standard InChI is InChI=1S/C13H28N2/c1-10(2)8-13(4,9-14)15-12-6-5-11(3)7-12/h10-12,15H,5-9,14H2,1-4H3. The zero-order valence-corrected chi connectivity index (χ0v) is 10.8. The number of hydrogen-bond acceptors (Lipinski definition) is 2. The lowest BCUT2D eigenvalue weighted by Gasteiger charge is -2.34. The van der Waals surface area contributed by atoms with Crippen molar-refractivity contribution in [2.24, 2.45) is 17.6 Å². The normalized spacial score (nSPS) is 30.8. The Morgan fingerprint density at radius 3 is 2.47 bits per heavy atom.